The third-order valence-corrected chi connectivity index (χ3v) is 20.7. The Morgan fingerprint density at radius 3 is 1.22 bits per heavy atom. The molecule has 648 valence electrons. The highest BCUT2D eigenvalue weighted by Gasteiger charge is 2.34. The van der Waals surface area contributed by atoms with Crippen LogP contribution in [0.15, 0.2) is 104 Å². The van der Waals surface area contributed by atoms with E-state index < -0.39 is 63.0 Å². The van der Waals surface area contributed by atoms with Gasteiger partial charge in [-0.3, -0.25) is 27.9 Å². The van der Waals surface area contributed by atoms with Crippen molar-refractivity contribution < 1.29 is 101 Å². The van der Waals surface area contributed by atoms with Crippen molar-refractivity contribution >= 4 is 153 Å². The van der Waals surface area contributed by atoms with Crippen molar-refractivity contribution in [2.75, 3.05) is 163 Å². The highest BCUT2D eigenvalue weighted by atomic mass is 79.9. The Morgan fingerprint density at radius 1 is 0.479 bits per heavy atom. The van der Waals surface area contributed by atoms with Crippen LogP contribution in [-0.4, -0.2) is 251 Å². The number of nitrogens with zero attached hydrogens (tertiary/aromatic N) is 11. The number of nitrogens with one attached hydrogen (secondary N) is 1. The number of carbonyl (C=O) groups excluding carboxylic acids is 2. The number of anilines is 5. The molecule has 6 atom stereocenters. The lowest BCUT2D eigenvalue weighted by Gasteiger charge is -2.42. The average molecular weight is 2060 g/mol. The van der Waals surface area contributed by atoms with Gasteiger partial charge in [0.15, 0.2) is 0 Å². The van der Waals surface area contributed by atoms with E-state index >= 15 is 0 Å². The summed E-state index contributed by atoms with van der Waals surface area (Å²) in [5.41, 5.74) is -0.848. The molecule has 6 saturated heterocycles. The van der Waals surface area contributed by atoms with E-state index in [1.165, 1.54) is 24.3 Å². The molecule has 3 N–H and O–H groups in total. The molecule has 13 rings (SSSR count). The summed E-state index contributed by atoms with van der Waals surface area (Å²) < 4.78 is 152. The first-order chi connectivity index (χ1) is 55.3. The summed E-state index contributed by atoms with van der Waals surface area (Å²) in [5.74, 6) is -2.24. The summed E-state index contributed by atoms with van der Waals surface area (Å²) in [6, 6.07) is 17.8. The number of morpholine rings is 6. The molecule has 0 spiro atoms. The van der Waals surface area contributed by atoms with Crippen molar-refractivity contribution in [1.82, 2.24) is 34.8 Å². The van der Waals surface area contributed by atoms with Gasteiger partial charge in [0.05, 0.1) is 142 Å². The van der Waals surface area contributed by atoms with E-state index in [9.17, 15) is 53.9 Å². The molecule has 117 heavy (non-hydrogen) atoms. The lowest BCUT2D eigenvalue weighted by molar-refractivity contribution is -0.157. The first-order valence-electron chi connectivity index (χ1n) is 37.1. The normalized spacial score (nSPS) is 20.0. The summed E-state index contributed by atoms with van der Waals surface area (Å²) in [5, 5.41) is 21.1. The van der Waals surface area contributed by atoms with Crippen LogP contribution in [0.3, 0.4) is 0 Å². The Kier molecular flexibility index (Phi) is 40.4. The van der Waals surface area contributed by atoms with Crippen LogP contribution in [0.5, 0.6) is 0 Å². The molecule has 13 heterocycles. The highest BCUT2D eigenvalue weighted by molar-refractivity contribution is 9.11. The second-order valence-electron chi connectivity index (χ2n) is 28.9. The number of halogens is 12. The third kappa shape index (κ3) is 35.6. The standard InChI is InChI=1S/C15H20BrFN2O3.C12H16BrFN2O4S.C11H12BrFN2O3.C11H14BrFN2O2.C11H13BrN2O2.C10H19NO3.C5H2BrF2N/c1-15(2,3)22-14(20)8-11-9-21-5-4-19(11)13-7-10(16)6-12(17)18-13;1-21(17,18)20-4-2-10-8-19-5-3-16(10)12-7-9(13)6-11(14)15-12;12-7-3-9(13)14-10(4-7)15-1-2-18-6-8(15)5-11(16)17;12-8-5-10(13)14-11(6-8)15-2-4-17-7-9(15)1-3-16;12-8-5-10-13-3-4-16-7-9(13)1-2-14(10)11(15)6-8;1-10(2,3)14-9(12)6-8-7-13-5-4-11-8;6-3-1-4(7)9-5(8)2-3/h6-7,11H,4-5,8-9H2,1-3H3;6-7,10H,2-5,8H2,1H3;3-4,8H,1-2,5-6H2,(H,16,17);5-6,9,16H,1-4,7H2;5-6,9H,1-4,7H2;8,11H,4-7H2,1-3H3;1-2H. The minimum Gasteiger partial charge on any atom is -0.481 e. The number of aliphatic hydroxyl groups excluding tert-OH is 1. The Balaban J connectivity index is 0.000000191. The number of carboxylic acid groups (broad SMARTS) is 1. The van der Waals surface area contributed by atoms with Crippen LogP contribution >= 0.6 is 95.6 Å². The maximum absolute atomic E-state index is 13.5. The number of rotatable bonds is 16. The zero-order valence-electron chi connectivity index (χ0n) is 65.4. The van der Waals surface area contributed by atoms with Gasteiger partial charge in [0.2, 0.25) is 35.7 Å². The largest absolute Gasteiger partial charge is 0.481 e. The van der Waals surface area contributed by atoms with Crippen molar-refractivity contribution in [3.8, 4) is 0 Å². The monoisotopic (exact) mass is 2060 g/mol. The maximum atomic E-state index is 13.5. The Morgan fingerprint density at radius 2 is 0.838 bits per heavy atom. The van der Waals surface area contributed by atoms with Gasteiger partial charge in [0.1, 0.15) is 40.3 Å². The van der Waals surface area contributed by atoms with E-state index in [0.29, 0.717) is 157 Å². The minimum absolute atomic E-state index is 0.0509. The predicted octanol–water partition coefficient (Wildman–Crippen LogP) is 11.8. The topological polar surface area (TPSA) is 324 Å². The third-order valence-electron chi connectivity index (χ3n) is 17.3. The van der Waals surface area contributed by atoms with E-state index in [0.717, 1.165) is 74.6 Å². The number of fused-ring (bicyclic) bond motifs is 3. The zero-order chi connectivity index (χ0) is 85.7. The van der Waals surface area contributed by atoms with Crippen LogP contribution in [0.25, 0.3) is 0 Å². The van der Waals surface area contributed by atoms with E-state index in [1.807, 2.05) is 66.9 Å². The molecule has 42 heteroatoms. The van der Waals surface area contributed by atoms with Gasteiger partial charge in [0, 0.05) is 128 Å². The molecule has 6 unspecified atom stereocenters. The number of esters is 2. The number of carboxylic acids is 1. The van der Waals surface area contributed by atoms with E-state index in [-0.39, 0.29) is 73.8 Å². The summed E-state index contributed by atoms with van der Waals surface area (Å²) in [7, 11) is -3.46. The molecule has 6 aromatic rings. The van der Waals surface area contributed by atoms with Crippen molar-refractivity contribution in [2.24, 2.45) is 0 Å². The van der Waals surface area contributed by atoms with E-state index in [4.69, 9.17) is 52.3 Å². The van der Waals surface area contributed by atoms with Gasteiger partial charge < -0.3 is 77.9 Å². The van der Waals surface area contributed by atoms with Crippen LogP contribution < -0.4 is 35.4 Å². The van der Waals surface area contributed by atoms with Gasteiger partial charge in [-0.15, -0.1) is 0 Å². The number of aromatic nitrogens is 6. The Hall–Kier alpha value is -5.84. The molecule has 7 aliphatic heterocycles. The lowest BCUT2D eigenvalue weighted by Crippen LogP contribution is -2.51. The number of aliphatic carboxylic acids is 1. The number of pyridine rings is 6. The highest BCUT2D eigenvalue weighted by Crippen LogP contribution is 2.31. The number of carbonyl (C=O) groups is 3. The predicted molar refractivity (Wildman–Crippen MR) is 445 cm³/mol. The summed E-state index contributed by atoms with van der Waals surface area (Å²) >= 11 is 19.2. The summed E-state index contributed by atoms with van der Waals surface area (Å²) in [6.07, 6.45) is 3.54. The fourth-order valence-corrected chi connectivity index (χ4v) is 15.3. The lowest BCUT2D eigenvalue weighted by atomic mass is 10.1. The maximum Gasteiger partial charge on any atom is 0.308 e. The number of hydrogen-bond donors (Lipinski definition) is 3. The number of hydrogen-bond acceptors (Lipinski definition) is 27. The van der Waals surface area contributed by atoms with Crippen molar-refractivity contribution in [1.29, 1.82) is 0 Å². The van der Waals surface area contributed by atoms with Gasteiger partial charge in [0.25, 0.3) is 15.7 Å². The zero-order valence-corrected chi connectivity index (χ0v) is 75.7. The van der Waals surface area contributed by atoms with Gasteiger partial charge in [-0.05, 0) is 91.1 Å². The van der Waals surface area contributed by atoms with Crippen LogP contribution in [0, 0.1) is 35.7 Å². The van der Waals surface area contributed by atoms with Gasteiger partial charge in [-0.25, -0.2) is 19.9 Å². The van der Waals surface area contributed by atoms with Crippen LogP contribution in [-0.2, 0) is 73.1 Å². The fraction of sp³-hybridized carbons (Fsp3) is 0.560. The average Bonchev–Trinajstić information content (AvgIpc) is 1.03. The summed E-state index contributed by atoms with van der Waals surface area (Å²) in [4.78, 5) is 74.2. The Bertz CT molecular complexity index is 4250. The molecule has 0 amide bonds. The Labute approximate surface area is 725 Å². The molecule has 0 bridgehead atoms. The molecule has 29 nitrogen and oxygen atoms in total. The summed E-state index contributed by atoms with van der Waals surface area (Å²) in [6.45, 7) is 22.6. The van der Waals surface area contributed by atoms with Crippen LogP contribution in [0.4, 0.5) is 55.4 Å². The molecule has 0 radical (unpaired) electrons. The smallest absolute Gasteiger partial charge is 0.308 e. The van der Waals surface area contributed by atoms with Crippen LogP contribution in [0.1, 0.15) is 80.1 Å². The quantitative estimate of drug-likeness (QED) is 0.0351. The van der Waals surface area contributed by atoms with Gasteiger partial charge >= 0.3 is 17.9 Å². The molecular formula is C75H96Br6F6N12O17S. The number of ether oxygens (including phenoxy) is 8. The second-order valence-corrected chi connectivity index (χ2v) is 36.1. The van der Waals surface area contributed by atoms with E-state index in [1.54, 1.807) is 35.2 Å². The molecule has 0 aromatic carbocycles. The van der Waals surface area contributed by atoms with Crippen molar-refractivity contribution in [3.05, 3.63) is 146 Å². The SMILES string of the molecule is CC(C)(C)OC(=O)CC1COCCN1.CC(C)(C)OC(=O)CC1COCCN1c1cc(Br)cc(F)n1.CS(=O)(=O)OCCC1COCCN1c1cc(Br)cc(F)n1.Fc1cc(Br)cc(F)n1.O=C(O)CC1COCCN1c1cc(Br)cc(F)n1.O=c1cc(Br)cc2n1CCC1COCCN21.OCCC1COCCN1c1cc(Br)cc(F)n1. The van der Waals surface area contributed by atoms with Gasteiger partial charge in [-0.1, -0.05) is 95.6 Å². The van der Waals surface area contributed by atoms with Crippen molar-refractivity contribution in [2.45, 2.75) is 134 Å². The number of aliphatic hydroxyl groups is 1. The molecule has 0 saturated carbocycles. The fourth-order valence-electron chi connectivity index (χ4n) is 12.6. The minimum atomic E-state index is -3.46. The first-order valence-corrected chi connectivity index (χ1v) is 43.7. The first kappa shape index (κ1) is 98.3. The van der Waals surface area contributed by atoms with Crippen molar-refractivity contribution in [3.63, 3.8) is 0 Å². The molecule has 6 fully saturated rings. The van der Waals surface area contributed by atoms with Gasteiger partial charge in [-0.2, -0.15) is 39.7 Å². The molecule has 0 aliphatic carbocycles. The molecule has 7 aliphatic rings. The molecule has 6 aromatic heterocycles. The molecular weight excluding hydrogens is 1970 g/mol. The van der Waals surface area contributed by atoms with Crippen LogP contribution in [0.2, 0.25) is 0 Å². The second kappa shape index (κ2) is 48.1. The van der Waals surface area contributed by atoms with E-state index in [2.05, 4.69) is 131 Å².